The van der Waals surface area contributed by atoms with E-state index in [2.05, 4.69) is 47.0 Å². The first kappa shape index (κ1) is 24.9. The molecule has 0 bridgehead atoms. The summed E-state index contributed by atoms with van der Waals surface area (Å²) < 4.78 is 17.4. The predicted molar refractivity (Wildman–Crippen MR) is 129 cm³/mol. The molecule has 1 aromatic carbocycles. The van der Waals surface area contributed by atoms with Gasteiger partial charge in [0.25, 0.3) is 5.91 Å². The van der Waals surface area contributed by atoms with E-state index in [1.807, 2.05) is 0 Å². The van der Waals surface area contributed by atoms with Crippen LogP contribution >= 0.6 is 0 Å². The van der Waals surface area contributed by atoms with Gasteiger partial charge >= 0.3 is 6.09 Å². The number of phenols is 1. The van der Waals surface area contributed by atoms with Gasteiger partial charge in [-0.3, -0.25) is 4.79 Å². The second-order valence-electron chi connectivity index (χ2n) is 10.0. The third kappa shape index (κ3) is 4.52. The van der Waals surface area contributed by atoms with Gasteiger partial charge in [0.15, 0.2) is 26.0 Å². The van der Waals surface area contributed by atoms with Crippen molar-refractivity contribution in [3.05, 3.63) is 42.5 Å². The summed E-state index contributed by atoms with van der Waals surface area (Å²) in [4.78, 5) is 30.1. The topological polar surface area (TPSA) is 88.5 Å². The number of anilines is 1. The lowest BCUT2D eigenvalue weighted by atomic mass is 10.1. The molecule has 1 saturated heterocycles. The van der Waals surface area contributed by atoms with E-state index < -0.39 is 26.7 Å². The van der Waals surface area contributed by atoms with Crippen LogP contribution in [0.25, 0.3) is 0 Å². The maximum absolute atomic E-state index is 13.6. The molecule has 2 heterocycles. The van der Waals surface area contributed by atoms with Gasteiger partial charge in [0.2, 0.25) is 0 Å². The molecule has 1 unspecified atom stereocenters. The maximum Gasteiger partial charge on any atom is 0.416 e. The molecular weight excluding hydrogens is 440 g/mol. The predicted octanol–water partition coefficient (Wildman–Crippen LogP) is 4.66. The number of hydrogen-bond acceptors (Lipinski definition) is 6. The molecule has 33 heavy (non-hydrogen) atoms. The number of amides is 2. The van der Waals surface area contributed by atoms with Crippen molar-refractivity contribution >= 4 is 26.0 Å². The van der Waals surface area contributed by atoms with Gasteiger partial charge in [0.1, 0.15) is 6.61 Å². The molecule has 9 heteroatoms. The fourth-order valence-corrected chi connectivity index (χ4v) is 5.09. The van der Waals surface area contributed by atoms with Gasteiger partial charge in [-0.05, 0) is 30.6 Å². The van der Waals surface area contributed by atoms with Crippen LogP contribution in [0.2, 0.25) is 18.1 Å². The molecule has 2 aliphatic heterocycles. The molecule has 3 rings (SSSR count). The molecule has 2 aliphatic rings. The number of carbonyl (C=O) groups is 2. The van der Waals surface area contributed by atoms with Gasteiger partial charge < -0.3 is 23.9 Å². The van der Waals surface area contributed by atoms with Crippen molar-refractivity contribution in [1.29, 1.82) is 0 Å². The van der Waals surface area contributed by atoms with Crippen LogP contribution in [0.15, 0.2) is 36.9 Å². The molecule has 0 aromatic heterocycles. The quantitative estimate of drug-likeness (QED) is 0.493. The second kappa shape index (κ2) is 8.87. The van der Waals surface area contributed by atoms with Crippen LogP contribution in [0.4, 0.5) is 10.5 Å². The Morgan fingerprint density at radius 1 is 1.33 bits per heavy atom. The molecule has 1 aromatic rings. The zero-order valence-corrected chi connectivity index (χ0v) is 21.3. The van der Waals surface area contributed by atoms with Crippen LogP contribution in [0.5, 0.6) is 11.5 Å². The largest absolute Gasteiger partial charge is 0.504 e. The fourth-order valence-electron chi connectivity index (χ4n) is 3.87. The van der Waals surface area contributed by atoms with Crippen molar-refractivity contribution in [1.82, 2.24) is 4.90 Å². The lowest BCUT2D eigenvalue weighted by Crippen LogP contribution is -2.58. The van der Waals surface area contributed by atoms with E-state index in [-0.39, 0.29) is 40.3 Å². The standard InChI is InChI=1S/C24H34N2O6Si/c1-9-10-31-23(29)26-17-13-19(27)20(30-6)12-16(17)21(28)25-14-15(2)11-18(25)22(26)32-33(7,8)24(3,4)5/h9,12-13,18,22,27H,1-2,10-11,14H2,3-8H3/t18-,22?/m1/s1. The Hall–Kier alpha value is -2.78. The normalized spacial score (nSPS) is 20.8. The van der Waals surface area contributed by atoms with E-state index in [0.717, 1.165) is 5.57 Å². The van der Waals surface area contributed by atoms with Gasteiger partial charge in [-0.2, -0.15) is 0 Å². The van der Waals surface area contributed by atoms with E-state index in [9.17, 15) is 14.7 Å². The monoisotopic (exact) mass is 474 g/mol. The molecule has 0 saturated carbocycles. The summed E-state index contributed by atoms with van der Waals surface area (Å²) in [6.45, 7) is 18.6. The van der Waals surface area contributed by atoms with Crippen molar-refractivity contribution in [2.24, 2.45) is 0 Å². The van der Waals surface area contributed by atoms with Crippen molar-refractivity contribution in [3.63, 3.8) is 0 Å². The molecule has 2 atom stereocenters. The third-order valence-electron chi connectivity index (χ3n) is 6.67. The molecule has 0 spiro atoms. The summed E-state index contributed by atoms with van der Waals surface area (Å²) in [5.74, 6) is -0.335. The summed E-state index contributed by atoms with van der Waals surface area (Å²) in [7, 11) is -1.01. The van der Waals surface area contributed by atoms with E-state index in [4.69, 9.17) is 13.9 Å². The van der Waals surface area contributed by atoms with Crippen molar-refractivity contribution < 1.29 is 28.6 Å². The van der Waals surface area contributed by atoms with Crippen LogP contribution in [0, 0.1) is 0 Å². The number of benzene rings is 1. The first-order chi connectivity index (χ1) is 15.3. The highest BCUT2D eigenvalue weighted by Gasteiger charge is 2.51. The Labute approximate surface area is 196 Å². The van der Waals surface area contributed by atoms with Crippen LogP contribution in [-0.4, -0.2) is 62.9 Å². The Morgan fingerprint density at radius 2 is 2.00 bits per heavy atom. The highest BCUT2D eigenvalue weighted by atomic mass is 28.4. The van der Waals surface area contributed by atoms with E-state index in [1.54, 1.807) is 4.90 Å². The van der Waals surface area contributed by atoms with Gasteiger partial charge in [0.05, 0.1) is 24.4 Å². The highest BCUT2D eigenvalue weighted by molar-refractivity contribution is 6.74. The number of phenolic OH excluding ortho intramolecular Hbond substituents is 1. The Balaban J connectivity index is 2.25. The highest BCUT2D eigenvalue weighted by Crippen LogP contribution is 2.45. The van der Waals surface area contributed by atoms with Crippen LogP contribution < -0.4 is 9.64 Å². The second-order valence-corrected chi connectivity index (χ2v) is 14.8. The molecule has 2 amide bonds. The summed E-state index contributed by atoms with van der Waals surface area (Å²) in [6.07, 6.45) is 0.464. The first-order valence-electron chi connectivity index (χ1n) is 11.0. The number of ether oxygens (including phenoxy) is 2. The number of aromatic hydroxyl groups is 1. The lowest BCUT2D eigenvalue weighted by molar-refractivity contribution is 0.0528. The smallest absolute Gasteiger partial charge is 0.416 e. The first-order valence-corrected chi connectivity index (χ1v) is 13.9. The molecule has 180 valence electrons. The van der Waals surface area contributed by atoms with Gasteiger partial charge in [-0.1, -0.05) is 45.6 Å². The summed E-state index contributed by atoms with van der Waals surface area (Å²) in [6, 6.07) is 2.37. The van der Waals surface area contributed by atoms with Gasteiger partial charge in [-0.25, -0.2) is 9.69 Å². The van der Waals surface area contributed by atoms with Crippen LogP contribution in [0.3, 0.4) is 0 Å². The summed E-state index contributed by atoms with van der Waals surface area (Å²) in [5.41, 5.74) is 1.32. The van der Waals surface area contributed by atoms with Gasteiger partial charge in [-0.15, -0.1) is 0 Å². The van der Waals surface area contributed by atoms with Crippen LogP contribution in [0.1, 0.15) is 37.6 Å². The zero-order chi connectivity index (χ0) is 24.7. The van der Waals surface area contributed by atoms with Crippen LogP contribution in [-0.2, 0) is 9.16 Å². The number of carbonyl (C=O) groups excluding carboxylic acids is 2. The number of rotatable bonds is 5. The average Bonchev–Trinajstić information content (AvgIpc) is 3.08. The number of nitrogens with zero attached hydrogens (tertiary/aromatic N) is 2. The van der Waals surface area contributed by atoms with Crippen molar-refractivity contribution in [2.45, 2.75) is 57.6 Å². The molecule has 1 N–H and O–H groups in total. The molecular formula is C24H34N2O6Si. The summed E-state index contributed by atoms with van der Waals surface area (Å²) in [5, 5.41) is 10.4. The van der Waals surface area contributed by atoms with Crippen molar-refractivity contribution in [3.8, 4) is 11.5 Å². The lowest BCUT2D eigenvalue weighted by Gasteiger charge is -2.44. The minimum Gasteiger partial charge on any atom is -0.504 e. The minimum absolute atomic E-state index is 0.00531. The van der Waals surface area contributed by atoms with Crippen molar-refractivity contribution in [2.75, 3.05) is 25.2 Å². The Bertz CT molecular complexity index is 984. The number of hydrogen-bond donors (Lipinski definition) is 1. The van der Waals surface area contributed by atoms with E-state index in [0.29, 0.717) is 13.0 Å². The van der Waals surface area contributed by atoms with E-state index >= 15 is 0 Å². The minimum atomic E-state index is -2.41. The van der Waals surface area contributed by atoms with Gasteiger partial charge in [0, 0.05) is 12.6 Å². The number of methoxy groups -OCH3 is 1. The Kier molecular flexibility index (Phi) is 6.68. The van der Waals surface area contributed by atoms with E-state index in [1.165, 1.54) is 30.2 Å². The molecule has 0 aliphatic carbocycles. The summed E-state index contributed by atoms with van der Waals surface area (Å²) >= 11 is 0. The SMILES string of the molecule is C=CCOC(=O)N1c2cc(O)c(OC)cc2C(=O)N2CC(=C)C[C@@H]2C1O[Si](C)(C)C(C)(C)C. The molecule has 8 nitrogen and oxygen atoms in total. The third-order valence-corrected chi connectivity index (χ3v) is 11.1. The average molecular weight is 475 g/mol. The fraction of sp³-hybridized carbons (Fsp3) is 0.500. The maximum atomic E-state index is 13.6. The zero-order valence-electron chi connectivity index (χ0n) is 20.3. The number of fused-ring (bicyclic) bond motifs is 2. The molecule has 0 radical (unpaired) electrons. The molecule has 1 fully saturated rings. The Morgan fingerprint density at radius 3 is 2.58 bits per heavy atom.